The summed E-state index contributed by atoms with van der Waals surface area (Å²) < 4.78 is 15.6. The molecule has 126 valence electrons. The molecule has 0 aliphatic carbocycles. The molecule has 0 N–H and O–H groups in total. The highest BCUT2D eigenvalue weighted by Gasteiger charge is 2.11. The van der Waals surface area contributed by atoms with Crippen molar-refractivity contribution in [3.8, 4) is 11.5 Å². The summed E-state index contributed by atoms with van der Waals surface area (Å²) in [4.78, 5) is 23.4. The van der Waals surface area contributed by atoms with Gasteiger partial charge in [0.1, 0.15) is 5.58 Å². The van der Waals surface area contributed by atoms with E-state index in [1.807, 2.05) is 0 Å². The third kappa shape index (κ3) is 4.08. The van der Waals surface area contributed by atoms with E-state index in [-0.39, 0.29) is 5.75 Å². The Morgan fingerprint density at radius 3 is 2.56 bits per heavy atom. The number of rotatable bonds is 4. The smallest absolute Gasteiger partial charge is 0.336 e. The molecule has 0 unspecified atom stereocenters. The number of esters is 1. The van der Waals surface area contributed by atoms with Gasteiger partial charge in [0.15, 0.2) is 11.5 Å². The Labute approximate surface area is 148 Å². The van der Waals surface area contributed by atoms with Gasteiger partial charge in [0, 0.05) is 28.6 Å². The van der Waals surface area contributed by atoms with Gasteiger partial charge < -0.3 is 13.9 Å². The molecule has 0 radical (unpaired) electrons. The maximum absolute atomic E-state index is 12.0. The Hall–Kier alpha value is -3.05. The van der Waals surface area contributed by atoms with Gasteiger partial charge in [0.05, 0.1) is 7.11 Å². The number of benzene rings is 2. The van der Waals surface area contributed by atoms with Crippen molar-refractivity contribution in [2.75, 3.05) is 7.11 Å². The fourth-order valence-corrected chi connectivity index (χ4v) is 2.32. The van der Waals surface area contributed by atoms with Crippen molar-refractivity contribution >= 4 is 34.6 Å². The van der Waals surface area contributed by atoms with Crippen molar-refractivity contribution in [2.45, 2.75) is 0 Å². The van der Waals surface area contributed by atoms with E-state index in [0.29, 0.717) is 21.7 Å². The third-order valence-electron chi connectivity index (χ3n) is 3.40. The van der Waals surface area contributed by atoms with E-state index in [1.165, 1.54) is 25.3 Å². The highest BCUT2D eigenvalue weighted by molar-refractivity contribution is 6.30. The van der Waals surface area contributed by atoms with Crippen LogP contribution in [0.5, 0.6) is 11.5 Å². The van der Waals surface area contributed by atoms with Crippen LogP contribution >= 0.6 is 11.6 Å². The van der Waals surface area contributed by atoms with Crippen LogP contribution in [0.15, 0.2) is 63.8 Å². The molecule has 0 spiro atoms. The fourth-order valence-electron chi connectivity index (χ4n) is 2.20. The minimum Gasteiger partial charge on any atom is -0.493 e. The molecule has 0 amide bonds. The first kappa shape index (κ1) is 16.8. The highest BCUT2D eigenvalue weighted by Crippen LogP contribution is 2.32. The molecule has 0 fully saturated rings. The van der Waals surface area contributed by atoms with Crippen molar-refractivity contribution in [1.29, 1.82) is 0 Å². The van der Waals surface area contributed by atoms with Crippen LogP contribution in [0.4, 0.5) is 0 Å². The maximum Gasteiger partial charge on any atom is 0.336 e. The van der Waals surface area contributed by atoms with E-state index in [1.54, 1.807) is 42.5 Å². The minimum atomic E-state index is -0.592. The van der Waals surface area contributed by atoms with Gasteiger partial charge in [-0.2, -0.15) is 0 Å². The maximum atomic E-state index is 12.0. The lowest BCUT2D eigenvalue weighted by Crippen LogP contribution is -2.05. The predicted molar refractivity (Wildman–Crippen MR) is 95.2 cm³/mol. The SMILES string of the molecule is COc1cc2ccc(=O)oc2cc1OC(=O)/C=C/c1ccc(Cl)cc1. The zero-order valence-electron chi connectivity index (χ0n) is 13.2. The molecule has 0 saturated carbocycles. The molecule has 0 saturated heterocycles. The molecular weight excluding hydrogens is 344 g/mol. The van der Waals surface area contributed by atoms with E-state index in [2.05, 4.69) is 0 Å². The summed E-state index contributed by atoms with van der Waals surface area (Å²) in [6, 6.07) is 13.0. The van der Waals surface area contributed by atoms with E-state index in [4.69, 9.17) is 25.5 Å². The number of fused-ring (bicyclic) bond motifs is 1. The lowest BCUT2D eigenvalue weighted by Gasteiger charge is -2.08. The molecule has 0 aliphatic rings. The van der Waals surface area contributed by atoms with E-state index < -0.39 is 11.6 Å². The number of ether oxygens (including phenoxy) is 2. The topological polar surface area (TPSA) is 65.7 Å². The highest BCUT2D eigenvalue weighted by atomic mass is 35.5. The lowest BCUT2D eigenvalue weighted by atomic mass is 10.2. The summed E-state index contributed by atoms with van der Waals surface area (Å²) in [7, 11) is 1.46. The number of hydrogen-bond acceptors (Lipinski definition) is 5. The summed E-state index contributed by atoms with van der Waals surface area (Å²) in [5.41, 5.74) is 0.619. The average molecular weight is 357 g/mol. The summed E-state index contributed by atoms with van der Waals surface area (Å²) in [5.74, 6) is -0.0735. The standard InChI is InChI=1S/C19H13ClO5/c1-23-16-10-13-5-9-19(22)24-15(13)11-17(16)25-18(21)8-4-12-2-6-14(20)7-3-12/h2-11H,1H3/b8-4+. The summed E-state index contributed by atoms with van der Waals surface area (Å²) in [6.07, 6.45) is 2.89. The quantitative estimate of drug-likeness (QED) is 0.305. The molecule has 25 heavy (non-hydrogen) atoms. The average Bonchev–Trinajstić information content (AvgIpc) is 2.60. The van der Waals surface area contributed by atoms with Gasteiger partial charge in [0.2, 0.25) is 0 Å². The molecule has 0 atom stereocenters. The summed E-state index contributed by atoms with van der Waals surface area (Å²) in [6.45, 7) is 0. The van der Waals surface area contributed by atoms with Gasteiger partial charge in [0.25, 0.3) is 0 Å². The van der Waals surface area contributed by atoms with Crippen molar-refractivity contribution in [1.82, 2.24) is 0 Å². The number of carbonyl (C=O) groups excluding carboxylic acids is 1. The second-order valence-corrected chi connectivity index (χ2v) is 5.54. The lowest BCUT2D eigenvalue weighted by molar-refractivity contribution is -0.129. The predicted octanol–water partition coefficient (Wildman–Crippen LogP) is 4.07. The fraction of sp³-hybridized carbons (Fsp3) is 0.0526. The van der Waals surface area contributed by atoms with Crippen LogP contribution in [0.3, 0.4) is 0 Å². The van der Waals surface area contributed by atoms with Gasteiger partial charge in [-0.1, -0.05) is 23.7 Å². The van der Waals surface area contributed by atoms with Gasteiger partial charge >= 0.3 is 11.6 Å². The van der Waals surface area contributed by atoms with Crippen molar-refractivity contribution in [3.63, 3.8) is 0 Å². The van der Waals surface area contributed by atoms with Crippen LogP contribution in [-0.2, 0) is 4.79 Å². The number of halogens is 1. The molecule has 2 aromatic carbocycles. The second-order valence-electron chi connectivity index (χ2n) is 5.10. The zero-order chi connectivity index (χ0) is 17.8. The van der Waals surface area contributed by atoms with Crippen molar-refractivity contribution in [2.24, 2.45) is 0 Å². The molecule has 6 heteroatoms. The number of methoxy groups -OCH3 is 1. The van der Waals surface area contributed by atoms with Gasteiger partial charge in [-0.3, -0.25) is 0 Å². The van der Waals surface area contributed by atoms with Crippen LogP contribution in [0.25, 0.3) is 17.0 Å². The first-order chi connectivity index (χ1) is 12.0. The Morgan fingerprint density at radius 2 is 1.84 bits per heavy atom. The monoisotopic (exact) mass is 356 g/mol. The Kier molecular flexibility index (Phi) is 4.86. The molecule has 5 nitrogen and oxygen atoms in total. The van der Waals surface area contributed by atoms with Gasteiger partial charge in [-0.05, 0) is 35.9 Å². The van der Waals surface area contributed by atoms with Crippen LogP contribution in [0.2, 0.25) is 5.02 Å². The van der Waals surface area contributed by atoms with E-state index >= 15 is 0 Å². The molecule has 0 aliphatic heterocycles. The molecule has 0 bridgehead atoms. The van der Waals surface area contributed by atoms with E-state index in [9.17, 15) is 9.59 Å². The second kappa shape index (κ2) is 7.23. The van der Waals surface area contributed by atoms with Gasteiger partial charge in [-0.25, -0.2) is 9.59 Å². The summed E-state index contributed by atoms with van der Waals surface area (Å²) >= 11 is 5.81. The first-order valence-corrected chi connectivity index (χ1v) is 7.70. The molecule has 3 rings (SSSR count). The molecular formula is C19H13ClO5. The van der Waals surface area contributed by atoms with Gasteiger partial charge in [-0.15, -0.1) is 0 Å². The van der Waals surface area contributed by atoms with E-state index in [0.717, 1.165) is 5.56 Å². The largest absolute Gasteiger partial charge is 0.493 e. The Balaban J connectivity index is 1.84. The summed E-state index contributed by atoms with van der Waals surface area (Å²) in [5, 5.41) is 1.27. The zero-order valence-corrected chi connectivity index (χ0v) is 13.9. The van der Waals surface area contributed by atoms with Crippen molar-refractivity contribution in [3.05, 3.63) is 75.6 Å². The number of carbonyl (C=O) groups is 1. The van der Waals surface area contributed by atoms with Crippen LogP contribution in [-0.4, -0.2) is 13.1 Å². The Morgan fingerprint density at radius 1 is 1.08 bits per heavy atom. The Bertz CT molecular complexity index is 1000. The first-order valence-electron chi connectivity index (χ1n) is 7.32. The van der Waals surface area contributed by atoms with Crippen LogP contribution < -0.4 is 15.1 Å². The molecule has 1 heterocycles. The number of hydrogen-bond donors (Lipinski definition) is 0. The van der Waals surface area contributed by atoms with Crippen LogP contribution in [0, 0.1) is 0 Å². The molecule has 1 aromatic heterocycles. The normalized spacial score (nSPS) is 11.0. The molecule has 3 aromatic rings. The minimum absolute atomic E-state index is 0.162. The van der Waals surface area contributed by atoms with Crippen molar-refractivity contribution < 1.29 is 18.7 Å². The van der Waals surface area contributed by atoms with Crippen LogP contribution in [0.1, 0.15) is 5.56 Å². The third-order valence-corrected chi connectivity index (χ3v) is 3.65.